The minimum atomic E-state index is -3.18. The lowest BCUT2D eigenvalue weighted by Crippen LogP contribution is -2.70. The van der Waals surface area contributed by atoms with Crippen LogP contribution in [0.5, 0.6) is 0 Å². The number of carbonyl (C=O) groups excluding carboxylic acids is 2. The highest BCUT2D eigenvalue weighted by atomic mass is 32.2. The number of carbonyl (C=O) groups is 2. The summed E-state index contributed by atoms with van der Waals surface area (Å²) in [6.07, 6.45) is 1.50. The Hall–Kier alpha value is -1.11. The van der Waals surface area contributed by atoms with E-state index in [1.54, 1.807) is 6.92 Å². The van der Waals surface area contributed by atoms with Gasteiger partial charge < -0.3 is 10.2 Å². The summed E-state index contributed by atoms with van der Waals surface area (Å²) in [6, 6.07) is -0.599. The summed E-state index contributed by atoms with van der Waals surface area (Å²) in [4.78, 5) is 26.2. The van der Waals surface area contributed by atoms with E-state index in [2.05, 4.69) is 5.32 Å². The second kappa shape index (κ2) is 6.77. The highest BCUT2D eigenvalue weighted by Crippen LogP contribution is 2.28. The zero-order valence-corrected chi connectivity index (χ0v) is 14.1. The molecular weight excluding hydrogens is 292 g/mol. The van der Waals surface area contributed by atoms with Crippen LogP contribution in [0.1, 0.15) is 47.0 Å². The Labute approximate surface area is 127 Å². The molecule has 122 valence electrons. The van der Waals surface area contributed by atoms with Crippen LogP contribution in [0.25, 0.3) is 0 Å². The molecule has 21 heavy (non-hydrogen) atoms. The van der Waals surface area contributed by atoms with Crippen LogP contribution < -0.4 is 5.32 Å². The molecule has 0 aromatic carbocycles. The van der Waals surface area contributed by atoms with E-state index in [-0.39, 0.29) is 29.9 Å². The highest BCUT2D eigenvalue weighted by Gasteiger charge is 2.49. The Bertz CT molecular complexity index is 497. The van der Waals surface area contributed by atoms with Crippen molar-refractivity contribution in [1.29, 1.82) is 0 Å². The van der Waals surface area contributed by atoms with Crippen molar-refractivity contribution in [2.45, 2.75) is 58.5 Å². The van der Waals surface area contributed by atoms with Gasteiger partial charge in [-0.05, 0) is 26.2 Å². The number of piperazine rings is 1. The van der Waals surface area contributed by atoms with Crippen LogP contribution in [0.3, 0.4) is 0 Å². The van der Waals surface area contributed by atoms with E-state index in [1.807, 2.05) is 20.8 Å². The fraction of sp³-hybridized carbons (Fsp3) is 0.857. The normalized spacial score (nSPS) is 22.3. The first-order valence-corrected chi connectivity index (χ1v) is 9.39. The van der Waals surface area contributed by atoms with Crippen LogP contribution in [0.15, 0.2) is 0 Å². The summed E-state index contributed by atoms with van der Waals surface area (Å²) >= 11 is 0. The van der Waals surface area contributed by atoms with Gasteiger partial charge in [0.25, 0.3) is 0 Å². The van der Waals surface area contributed by atoms with E-state index in [0.29, 0.717) is 19.3 Å². The number of amides is 2. The minimum absolute atomic E-state index is 0.0839. The highest BCUT2D eigenvalue weighted by molar-refractivity contribution is 7.91. The first-order valence-electron chi connectivity index (χ1n) is 7.57. The lowest BCUT2D eigenvalue weighted by atomic mass is 9.86. The Balaban J connectivity index is 3.02. The zero-order valence-electron chi connectivity index (χ0n) is 13.3. The molecule has 0 aliphatic carbocycles. The third kappa shape index (κ3) is 3.56. The molecule has 7 heteroatoms. The monoisotopic (exact) mass is 318 g/mol. The zero-order chi connectivity index (χ0) is 16.3. The predicted molar refractivity (Wildman–Crippen MR) is 81.6 cm³/mol. The van der Waals surface area contributed by atoms with Crippen LogP contribution >= 0.6 is 0 Å². The van der Waals surface area contributed by atoms with Crippen molar-refractivity contribution in [3.8, 4) is 0 Å². The van der Waals surface area contributed by atoms with Gasteiger partial charge in [0, 0.05) is 12.3 Å². The Morgan fingerprint density at radius 1 is 1.14 bits per heavy atom. The lowest BCUT2D eigenvalue weighted by molar-refractivity contribution is -0.157. The number of sulfone groups is 1. The minimum Gasteiger partial charge on any atom is -0.343 e. The van der Waals surface area contributed by atoms with Crippen molar-refractivity contribution in [2.24, 2.45) is 0 Å². The van der Waals surface area contributed by atoms with Crippen molar-refractivity contribution in [3.63, 3.8) is 0 Å². The van der Waals surface area contributed by atoms with Crippen molar-refractivity contribution < 1.29 is 18.0 Å². The van der Waals surface area contributed by atoms with E-state index >= 15 is 0 Å². The second-order valence-electron chi connectivity index (χ2n) is 5.58. The van der Waals surface area contributed by atoms with Crippen molar-refractivity contribution >= 4 is 21.7 Å². The average Bonchev–Trinajstić information content (AvgIpc) is 2.41. The van der Waals surface area contributed by atoms with Crippen molar-refractivity contribution in [2.75, 3.05) is 18.1 Å². The van der Waals surface area contributed by atoms with Crippen molar-refractivity contribution in [3.05, 3.63) is 0 Å². The number of nitrogens with zero attached hydrogens (tertiary/aromatic N) is 1. The second-order valence-corrected chi connectivity index (χ2v) is 7.88. The van der Waals surface area contributed by atoms with Gasteiger partial charge in [0.1, 0.15) is 11.6 Å². The quantitative estimate of drug-likeness (QED) is 0.749. The summed E-state index contributed by atoms with van der Waals surface area (Å²) in [6.45, 7) is 7.21. The van der Waals surface area contributed by atoms with E-state index in [1.165, 1.54) is 4.90 Å². The van der Waals surface area contributed by atoms with Crippen molar-refractivity contribution in [1.82, 2.24) is 10.2 Å². The first-order chi connectivity index (χ1) is 9.74. The SMILES string of the molecule is CCCS(=O)(=O)CCN1C(=O)C(C)NC(=O)C1(CC)CC. The summed E-state index contributed by atoms with van der Waals surface area (Å²) in [5.74, 6) is -0.367. The molecule has 0 aromatic heterocycles. The third-order valence-electron chi connectivity index (χ3n) is 4.23. The molecule has 6 nitrogen and oxygen atoms in total. The largest absolute Gasteiger partial charge is 0.343 e. The Kier molecular flexibility index (Phi) is 5.78. The fourth-order valence-corrected chi connectivity index (χ4v) is 4.17. The molecule has 1 saturated heterocycles. The Morgan fingerprint density at radius 3 is 2.19 bits per heavy atom. The van der Waals surface area contributed by atoms with E-state index in [4.69, 9.17) is 0 Å². The van der Waals surface area contributed by atoms with Gasteiger partial charge >= 0.3 is 0 Å². The van der Waals surface area contributed by atoms with Gasteiger partial charge in [-0.15, -0.1) is 0 Å². The predicted octanol–water partition coefficient (Wildman–Crippen LogP) is 0.717. The van der Waals surface area contributed by atoms with E-state index in [0.717, 1.165) is 0 Å². The van der Waals surface area contributed by atoms with Gasteiger partial charge in [0.05, 0.1) is 5.75 Å². The molecule has 0 saturated carbocycles. The molecule has 1 unspecified atom stereocenters. The third-order valence-corrected chi connectivity index (χ3v) is 6.07. The van der Waals surface area contributed by atoms with Crippen LogP contribution in [0, 0.1) is 0 Å². The molecule has 0 radical (unpaired) electrons. The summed E-state index contributed by atoms with van der Waals surface area (Å²) in [5.41, 5.74) is -0.925. The van der Waals surface area contributed by atoms with E-state index in [9.17, 15) is 18.0 Å². The van der Waals surface area contributed by atoms with Crippen LogP contribution in [-0.2, 0) is 19.4 Å². The molecule has 1 atom stereocenters. The topological polar surface area (TPSA) is 83.6 Å². The van der Waals surface area contributed by atoms with Gasteiger partial charge in [0.15, 0.2) is 9.84 Å². The van der Waals surface area contributed by atoms with Crippen LogP contribution in [-0.4, -0.2) is 54.8 Å². The van der Waals surface area contributed by atoms with Gasteiger partial charge in [0.2, 0.25) is 11.8 Å². The number of rotatable bonds is 7. The van der Waals surface area contributed by atoms with Gasteiger partial charge in [-0.25, -0.2) is 8.42 Å². The van der Waals surface area contributed by atoms with Crippen LogP contribution in [0.2, 0.25) is 0 Å². The number of nitrogens with one attached hydrogen (secondary N) is 1. The maximum Gasteiger partial charge on any atom is 0.246 e. The molecule has 2 amide bonds. The summed E-state index contributed by atoms with van der Waals surface area (Å²) < 4.78 is 23.8. The maximum atomic E-state index is 12.4. The summed E-state index contributed by atoms with van der Waals surface area (Å²) in [5, 5.41) is 2.69. The lowest BCUT2D eigenvalue weighted by Gasteiger charge is -2.47. The number of hydrogen-bond acceptors (Lipinski definition) is 4. The summed E-state index contributed by atoms with van der Waals surface area (Å²) in [7, 11) is -3.18. The number of hydrogen-bond donors (Lipinski definition) is 1. The van der Waals surface area contributed by atoms with Gasteiger partial charge in [-0.3, -0.25) is 9.59 Å². The standard InChI is InChI=1S/C14H26N2O4S/c1-5-9-21(19,20)10-8-16-12(17)11(4)15-13(18)14(16,6-2)7-3/h11H,5-10H2,1-4H3,(H,15,18). The van der Waals surface area contributed by atoms with Gasteiger partial charge in [-0.1, -0.05) is 20.8 Å². The molecule has 1 N–H and O–H groups in total. The van der Waals surface area contributed by atoms with Crippen LogP contribution in [0.4, 0.5) is 0 Å². The molecule has 1 rings (SSSR count). The molecule has 1 aliphatic rings. The fourth-order valence-electron chi connectivity index (χ4n) is 2.88. The first kappa shape index (κ1) is 17.9. The Morgan fingerprint density at radius 2 is 1.71 bits per heavy atom. The molecule has 0 aromatic rings. The smallest absolute Gasteiger partial charge is 0.246 e. The maximum absolute atomic E-state index is 12.4. The average molecular weight is 318 g/mol. The molecule has 1 heterocycles. The molecule has 0 bridgehead atoms. The molecule has 1 aliphatic heterocycles. The van der Waals surface area contributed by atoms with E-state index < -0.39 is 21.4 Å². The molecule has 1 fully saturated rings. The molecular formula is C14H26N2O4S. The molecule has 0 spiro atoms. The van der Waals surface area contributed by atoms with Gasteiger partial charge in [-0.2, -0.15) is 0 Å².